The van der Waals surface area contributed by atoms with E-state index in [2.05, 4.69) is 40.5 Å². The molecule has 0 spiro atoms. The van der Waals surface area contributed by atoms with Crippen molar-refractivity contribution in [3.8, 4) is 11.8 Å². The van der Waals surface area contributed by atoms with Crippen LogP contribution < -0.4 is 29.9 Å². The van der Waals surface area contributed by atoms with E-state index in [9.17, 15) is 19.2 Å². The maximum Gasteiger partial charge on any atom is 0.425 e. The molecule has 1 aliphatic rings. The topological polar surface area (TPSA) is 204 Å². The van der Waals surface area contributed by atoms with Gasteiger partial charge < -0.3 is 18.6 Å². The van der Waals surface area contributed by atoms with E-state index in [-0.39, 0.29) is 46.8 Å². The Morgan fingerprint density at radius 1 is 0.524 bits per heavy atom. The van der Waals surface area contributed by atoms with Gasteiger partial charge in [-0.05, 0) is 55.0 Å². The SMILES string of the molecule is CC(=O)Nc1nc(OC(=O)N(c2ccccc2)c2ccccc2)c2ncn([C@@H]3C=C[C@H](n4cnc5c(OC(=O)N(c6ccccc6)c6ccccc6)nc(NC(C)=O)nc54)C3)c2n1. The number of aromatic nitrogens is 8. The maximum absolute atomic E-state index is 14.0. The predicted molar refractivity (Wildman–Crippen MR) is 233 cm³/mol. The number of anilines is 6. The third-order valence-electron chi connectivity index (χ3n) is 9.90. The molecule has 0 radical (unpaired) electrons. The Labute approximate surface area is 358 Å². The van der Waals surface area contributed by atoms with Gasteiger partial charge in [0.05, 0.1) is 47.5 Å². The molecule has 18 heteroatoms. The molecular weight excluding hydrogens is 805 g/mol. The zero-order valence-electron chi connectivity index (χ0n) is 33.6. The summed E-state index contributed by atoms with van der Waals surface area (Å²) in [5.74, 6) is -1.37. The quantitative estimate of drug-likeness (QED) is 0.125. The van der Waals surface area contributed by atoms with Gasteiger partial charge in [-0.3, -0.25) is 20.2 Å². The van der Waals surface area contributed by atoms with Crippen LogP contribution in [0, 0.1) is 0 Å². The molecule has 4 heterocycles. The lowest BCUT2D eigenvalue weighted by Gasteiger charge is -2.22. The standard InChI is InChI=1S/C45H36N12O6/c1-28(58)48-42-50-38-36(40(52-42)62-44(60)56(30-15-7-3-8-16-30)31-17-9-4-10-18-31)46-26-54(38)34-23-24-35(25-34)55-27-47-37-39(55)51-43(49-29(2)59)53-41(37)63-45(61)57(32-19-11-5-12-20-32)33-21-13-6-14-22-33/h3-24,26-27,34-35H,25H2,1-2H3,(H,48,50,52,58)(H,49,51,53,59)/t34-,35+. The molecule has 4 aromatic carbocycles. The van der Waals surface area contributed by atoms with Crippen LogP contribution in [0.2, 0.25) is 0 Å². The Morgan fingerprint density at radius 2 is 0.857 bits per heavy atom. The molecule has 4 amide bonds. The molecule has 4 aromatic heterocycles. The van der Waals surface area contributed by atoms with Gasteiger partial charge in [-0.25, -0.2) is 29.4 Å². The van der Waals surface area contributed by atoms with Crippen LogP contribution in [0.15, 0.2) is 146 Å². The number of allylic oxidation sites excluding steroid dienone is 2. The summed E-state index contributed by atoms with van der Waals surface area (Å²) < 4.78 is 15.5. The first-order valence-electron chi connectivity index (χ1n) is 19.7. The molecule has 0 bridgehead atoms. The molecule has 0 fully saturated rings. The first kappa shape index (κ1) is 39.6. The minimum atomic E-state index is -0.762. The molecule has 0 aliphatic heterocycles. The Kier molecular flexibility index (Phi) is 10.7. The second-order valence-electron chi connectivity index (χ2n) is 14.2. The van der Waals surface area contributed by atoms with Crippen LogP contribution in [0.25, 0.3) is 22.3 Å². The number of amides is 4. The third-order valence-corrected chi connectivity index (χ3v) is 9.90. The normalized spacial score (nSPS) is 14.3. The molecule has 0 saturated carbocycles. The van der Waals surface area contributed by atoms with E-state index in [1.54, 1.807) is 70.3 Å². The second kappa shape index (κ2) is 17.1. The van der Waals surface area contributed by atoms with E-state index in [1.165, 1.54) is 23.6 Å². The van der Waals surface area contributed by atoms with Crippen LogP contribution in [0.4, 0.5) is 44.2 Å². The van der Waals surface area contributed by atoms with Gasteiger partial charge in [0.1, 0.15) is 0 Å². The molecule has 0 unspecified atom stereocenters. The summed E-state index contributed by atoms with van der Waals surface area (Å²) in [7, 11) is 0. The predicted octanol–water partition coefficient (Wildman–Crippen LogP) is 8.30. The van der Waals surface area contributed by atoms with Gasteiger partial charge in [0.2, 0.25) is 23.7 Å². The monoisotopic (exact) mass is 840 g/mol. The third kappa shape index (κ3) is 8.23. The zero-order valence-corrected chi connectivity index (χ0v) is 33.6. The number of nitrogens with zero attached hydrogens (tertiary/aromatic N) is 10. The number of fused-ring (bicyclic) bond motifs is 2. The molecule has 2 N–H and O–H groups in total. The minimum absolute atomic E-state index is 0.0907. The number of hydrogen-bond acceptors (Lipinski definition) is 12. The van der Waals surface area contributed by atoms with Crippen molar-refractivity contribution in [1.29, 1.82) is 0 Å². The lowest BCUT2D eigenvalue weighted by atomic mass is 10.2. The van der Waals surface area contributed by atoms with Gasteiger partial charge >= 0.3 is 12.2 Å². The van der Waals surface area contributed by atoms with Crippen molar-refractivity contribution < 1.29 is 28.7 Å². The van der Waals surface area contributed by atoms with Crippen molar-refractivity contribution in [2.45, 2.75) is 32.4 Å². The number of rotatable bonds is 10. The summed E-state index contributed by atoms with van der Waals surface area (Å²) in [6.45, 7) is 2.64. The summed E-state index contributed by atoms with van der Waals surface area (Å²) in [5.41, 5.74) is 3.18. The Hall–Kier alpha value is -8.80. The maximum atomic E-state index is 14.0. The molecule has 1 aliphatic carbocycles. The largest absolute Gasteiger partial charge is 0.425 e. The molecule has 63 heavy (non-hydrogen) atoms. The molecule has 8 aromatic rings. The van der Waals surface area contributed by atoms with Gasteiger partial charge in [-0.2, -0.15) is 19.9 Å². The fraction of sp³-hybridized carbons (Fsp3) is 0.111. The van der Waals surface area contributed by atoms with Gasteiger partial charge in [-0.15, -0.1) is 0 Å². The van der Waals surface area contributed by atoms with E-state index in [1.807, 2.05) is 84.9 Å². The van der Waals surface area contributed by atoms with Gasteiger partial charge in [0.25, 0.3) is 11.8 Å². The number of ether oxygens (including phenoxy) is 2. The Morgan fingerprint density at radius 3 is 1.17 bits per heavy atom. The zero-order chi connectivity index (χ0) is 43.5. The van der Waals surface area contributed by atoms with E-state index in [4.69, 9.17) is 9.47 Å². The number of carbonyl (C=O) groups is 4. The number of para-hydroxylation sites is 4. The smallest absolute Gasteiger partial charge is 0.388 e. The average molecular weight is 841 g/mol. The molecular formula is C45H36N12O6. The summed E-state index contributed by atoms with van der Waals surface area (Å²) in [5, 5.41) is 5.21. The highest BCUT2D eigenvalue weighted by molar-refractivity contribution is 5.99. The fourth-order valence-corrected chi connectivity index (χ4v) is 7.19. The van der Waals surface area contributed by atoms with Gasteiger partial charge in [0, 0.05) is 13.8 Å². The van der Waals surface area contributed by atoms with E-state index in [0.717, 1.165) is 0 Å². The average Bonchev–Trinajstić information content (AvgIpc) is 4.04. The van der Waals surface area contributed by atoms with Crippen molar-refractivity contribution in [2.75, 3.05) is 20.4 Å². The highest BCUT2D eigenvalue weighted by Crippen LogP contribution is 2.38. The first-order valence-corrected chi connectivity index (χ1v) is 19.7. The highest BCUT2D eigenvalue weighted by Gasteiger charge is 2.30. The van der Waals surface area contributed by atoms with Gasteiger partial charge in [0.15, 0.2) is 22.3 Å². The minimum Gasteiger partial charge on any atom is -0.388 e. The number of benzene rings is 4. The molecule has 2 atom stereocenters. The van der Waals surface area contributed by atoms with Crippen molar-refractivity contribution in [3.05, 3.63) is 146 Å². The van der Waals surface area contributed by atoms with Crippen molar-refractivity contribution in [3.63, 3.8) is 0 Å². The number of hydrogen-bond donors (Lipinski definition) is 2. The number of carbonyl (C=O) groups excluding carboxylic acids is 4. The van der Waals surface area contributed by atoms with Crippen LogP contribution in [0.1, 0.15) is 32.4 Å². The van der Waals surface area contributed by atoms with Crippen molar-refractivity contribution >= 4 is 81.0 Å². The Bertz CT molecular complexity index is 2730. The van der Waals surface area contributed by atoms with E-state index >= 15 is 0 Å². The fourth-order valence-electron chi connectivity index (χ4n) is 7.19. The first-order chi connectivity index (χ1) is 30.7. The number of imidazole rings is 2. The lowest BCUT2D eigenvalue weighted by molar-refractivity contribution is -0.115. The molecule has 0 saturated heterocycles. The second-order valence-corrected chi connectivity index (χ2v) is 14.2. The summed E-state index contributed by atoms with van der Waals surface area (Å²) in [6, 6.07) is 35.3. The van der Waals surface area contributed by atoms with Crippen LogP contribution in [0.3, 0.4) is 0 Å². The summed E-state index contributed by atoms with van der Waals surface area (Å²) >= 11 is 0. The number of nitrogens with one attached hydrogen (secondary N) is 2. The van der Waals surface area contributed by atoms with Crippen LogP contribution in [0.5, 0.6) is 11.8 Å². The van der Waals surface area contributed by atoms with Crippen LogP contribution >= 0.6 is 0 Å². The molecule has 312 valence electrons. The van der Waals surface area contributed by atoms with E-state index in [0.29, 0.717) is 40.5 Å². The van der Waals surface area contributed by atoms with Gasteiger partial charge in [-0.1, -0.05) is 84.9 Å². The van der Waals surface area contributed by atoms with Crippen LogP contribution in [-0.4, -0.2) is 63.0 Å². The molecule has 9 rings (SSSR count). The summed E-state index contributed by atoms with van der Waals surface area (Å²) in [4.78, 5) is 82.4. The van der Waals surface area contributed by atoms with Crippen LogP contribution in [-0.2, 0) is 9.59 Å². The van der Waals surface area contributed by atoms with Crippen molar-refractivity contribution in [1.82, 2.24) is 39.0 Å². The molecule has 18 nitrogen and oxygen atoms in total. The highest BCUT2D eigenvalue weighted by atomic mass is 16.6. The lowest BCUT2D eigenvalue weighted by Crippen LogP contribution is -2.29. The van der Waals surface area contributed by atoms with E-state index < -0.39 is 24.0 Å². The Balaban J connectivity index is 1.03. The van der Waals surface area contributed by atoms with Crippen molar-refractivity contribution in [2.24, 2.45) is 0 Å². The summed E-state index contributed by atoms with van der Waals surface area (Å²) in [6.07, 6.45) is 5.93.